The number of carbonyl (C=O) groups excluding carboxylic acids is 2. The van der Waals surface area contributed by atoms with Crippen molar-refractivity contribution in [1.82, 2.24) is 5.32 Å². The van der Waals surface area contributed by atoms with Crippen molar-refractivity contribution in [2.45, 2.75) is 13.0 Å². The summed E-state index contributed by atoms with van der Waals surface area (Å²) in [4.78, 5) is 22.8. The molecule has 0 aliphatic carbocycles. The third-order valence-electron chi connectivity index (χ3n) is 2.19. The molecule has 17 heavy (non-hydrogen) atoms. The van der Waals surface area contributed by atoms with E-state index in [1.54, 1.807) is 0 Å². The molecule has 6 heteroatoms. The Balaban J connectivity index is 2.76. The van der Waals surface area contributed by atoms with E-state index in [1.165, 1.54) is 32.2 Å². The summed E-state index contributed by atoms with van der Waals surface area (Å²) in [7, 11) is 1.24. The van der Waals surface area contributed by atoms with E-state index in [0.29, 0.717) is 0 Å². The van der Waals surface area contributed by atoms with Crippen molar-refractivity contribution in [2.24, 2.45) is 0 Å². The summed E-state index contributed by atoms with van der Waals surface area (Å²) >= 11 is 0. The third-order valence-corrected chi connectivity index (χ3v) is 2.19. The number of benzene rings is 1. The van der Waals surface area contributed by atoms with E-state index >= 15 is 0 Å². The van der Waals surface area contributed by atoms with Crippen LogP contribution in [0.1, 0.15) is 17.3 Å². The number of nitrogen functional groups attached to an aromatic ring is 1. The Morgan fingerprint density at radius 2 is 2.12 bits per heavy atom. The minimum absolute atomic E-state index is 0.177. The molecule has 6 nitrogen and oxygen atoms in total. The van der Waals surface area contributed by atoms with Crippen LogP contribution >= 0.6 is 0 Å². The van der Waals surface area contributed by atoms with E-state index in [2.05, 4.69) is 10.1 Å². The molecule has 4 N–H and O–H groups in total. The minimum Gasteiger partial charge on any atom is -0.506 e. The molecule has 0 spiro atoms. The van der Waals surface area contributed by atoms with Gasteiger partial charge in [0.05, 0.1) is 12.8 Å². The highest BCUT2D eigenvalue weighted by atomic mass is 16.5. The van der Waals surface area contributed by atoms with Gasteiger partial charge in [-0.05, 0) is 25.1 Å². The lowest BCUT2D eigenvalue weighted by molar-refractivity contribution is -0.142. The molecule has 1 atom stereocenters. The van der Waals surface area contributed by atoms with Gasteiger partial charge in [-0.15, -0.1) is 0 Å². The summed E-state index contributed by atoms with van der Waals surface area (Å²) < 4.78 is 4.47. The average molecular weight is 238 g/mol. The number of methoxy groups -OCH3 is 1. The second-order valence-corrected chi connectivity index (χ2v) is 3.49. The predicted octanol–water partition coefficient (Wildman–Crippen LogP) is 0.266. The quantitative estimate of drug-likeness (QED) is 0.398. The molecule has 0 fully saturated rings. The molecule has 0 aliphatic rings. The van der Waals surface area contributed by atoms with Crippen molar-refractivity contribution in [2.75, 3.05) is 12.8 Å². The number of phenols is 1. The highest BCUT2D eigenvalue weighted by molar-refractivity contribution is 5.97. The monoisotopic (exact) mass is 238 g/mol. The molecule has 0 aromatic heterocycles. The van der Waals surface area contributed by atoms with E-state index < -0.39 is 17.9 Å². The Morgan fingerprint density at radius 1 is 1.47 bits per heavy atom. The van der Waals surface area contributed by atoms with Crippen molar-refractivity contribution in [3.63, 3.8) is 0 Å². The van der Waals surface area contributed by atoms with Crippen LogP contribution in [0.25, 0.3) is 0 Å². The van der Waals surface area contributed by atoms with Crippen LogP contribution in [0.5, 0.6) is 5.75 Å². The number of anilines is 1. The second-order valence-electron chi connectivity index (χ2n) is 3.49. The maximum Gasteiger partial charge on any atom is 0.328 e. The molecule has 1 aromatic rings. The number of hydrogen-bond acceptors (Lipinski definition) is 5. The lowest BCUT2D eigenvalue weighted by atomic mass is 10.1. The maximum absolute atomic E-state index is 11.7. The Hall–Kier alpha value is -2.24. The molecule has 0 heterocycles. The molecule has 0 bridgehead atoms. The van der Waals surface area contributed by atoms with Gasteiger partial charge in [-0.1, -0.05) is 0 Å². The number of esters is 1. The summed E-state index contributed by atoms with van der Waals surface area (Å²) in [5.41, 5.74) is 5.80. The predicted molar refractivity (Wildman–Crippen MR) is 61.5 cm³/mol. The molecule has 1 unspecified atom stereocenters. The van der Waals surface area contributed by atoms with E-state index in [-0.39, 0.29) is 17.0 Å². The van der Waals surface area contributed by atoms with Crippen LogP contribution in [0.2, 0.25) is 0 Å². The summed E-state index contributed by atoms with van der Waals surface area (Å²) in [6.45, 7) is 1.50. The van der Waals surface area contributed by atoms with Crippen LogP contribution in [0.3, 0.4) is 0 Å². The summed E-state index contributed by atoms with van der Waals surface area (Å²) in [5, 5.41) is 11.8. The van der Waals surface area contributed by atoms with Gasteiger partial charge in [-0.2, -0.15) is 0 Å². The first-order valence-corrected chi connectivity index (χ1v) is 4.93. The first kappa shape index (κ1) is 12.8. The lowest BCUT2D eigenvalue weighted by Gasteiger charge is -2.11. The second kappa shape index (κ2) is 5.20. The van der Waals surface area contributed by atoms with Crippen molar-refractivity contribution >= 4 is 17.6 Å². The molecule has 0 saturated carbocycles. The molecule has 0 aliphatic heterocycles. The van der Waals surface area contributed by atoms with Crippen molar-refractivity contribution < 1.29 is 19.4 Å². The van der Waals surface area contributed by atoms with Gasteiger partial charge in [-0.3, -0.25) is 4.79 Å². The van der Waals surface area contributed by atoms with Crippen LogP contribution in [0, 0.1) is 0 Å². The van der Waals surface area contributed by atoms with Gasteiger partial charge in [0, 0.05) is 5.56 Å². The zero-order valence-corrected chi connectivity index (χ0v) is 9.56. The minimum atomic E-state index is -0.757. The number of amides is 1. The largest absolute Gasteiger partial charge is 0.506 e. The lowest BCUT2D eigenvalue weighted by Crippen LogP contribution is -2.39. The summed E-state index contributed by atoms with van der Waals surface area (Å²) in [5.74, 6) is -1.21. The van der Waals surface area contributed by atoms with Gasteiger partial charge in [-0.25, -0.2) is 4.79 Å². The maximum atomic E-state index is 11.7. The van der Waals surface area contributed by atoms with E-state index in [4.69, 9.17) is 5.73 Å². The SMILES string of the molecule is COC(=O)C(C)NC(=O)c1ccc(N)c(O)c1. The summed E-state index contributed by atoms with van der Waals surface area (Å²) in [6.07, 6.45) is 0. The zero-order chi connectivity index (χ0) is 13.0. The number of ether oxygens (including phenoxy) is 1. The van der Waals surface area contributed by atoms with Crippen molar-refractivity contribution in [3.8, 4) is 5.75 Å². The first-order valence-electron chi connectivity index (χ1n) is 4.93. The smallest absolute Gasteiger partial charge is 0.328 e. The number of rotatable bonds is 3. The standard InChI is InChI=1S/C11H14N2O4/c1-6(11(16)17-2)13-10(15)7-3-4-8(12)9(14)5-7/h3-6,14H,12H2,1-2H3,(H,13,15). The van der Waals surface area contributed by atoms with Gasteiger partial charge in [0.2, 0.25) is 0 Å². The fourth-order valence-corrected chi connectivity index (χ4v) is 1.20. The van der Waals surface area contributed by atoms with Gasteiger partial charge in [0.1, 0.15) is 11.8 Å². The van der Waals surface area contributed by atoms with Gasteiger partial charge in [0.15, 0.2) is 0 Å². The molecule has 1 amide bonds. The average Bonchev–Trinajstić information content (AvgIpc) is 2.31. The van der Waals surface area contributed by atoms with Crippen LogP contribution in [0.15, 0.2) is 18.2 Å². The molecular formula is C11H14N2O4. The fourth-order valence-electron chi connectivity index (χ4n) is 1.20. The van der Waals surface area contributed by atoms with E-state index in [0.717, 1.165) is 0 Å². The normalized spacial score (nSPS) is 11.6. The highest BCUT2D eigenvalue weighted by Gasteiger charge is 2.17. The van der Waals surface area contributed by atoms with Gasteiger partial charge < -0.3 is 20.9 Å². The fraction of sp³-hybridized carbons (Fsp3) is 0.273. The Morgan fingerprint density at radius 3 is 2.65 bits per heavy atom. The highest BCUT2D eigenvalue weighted by Crippen LogP contribution is 2.20. The topological polar surface area (TPSA) is 102 Å². The Kier molecular flexibility index (Phi) is 3.92. The number of hydrogen-bond donors (Lipinski definition) is 3. The van der Waals surface area contributed by atoms with Crippen LogP contribution < -0.4 is 11.1 Å². The van der Waals surface area contributed by atoms with Crippen LogP contribution in [-0.4, -0.2) is 30.1 Å². The van der Waals surface area contributed by atoms with E-state index in [1.807, 2.05) is 0 Å². The molecule has 1 rings (SSSR count). The van der Waals surface area contributed by atoms with Crippen molar-refractivity contribution in [1.29, 1.82) is 0 Å². The molecule has 92 valence electrons. The molecule has 0 saturated heterocycles. The van der Waals surface area contributed by atoms with Crippen LogP contribution in [-0.2, 0) is 9.53 Å². The van der Waals surface area contributed by atoms with Crippen LogP contribution in [0.4, 0.5) is 5.69 Å². The third kappa shape index (κ3) is 3.10. The number of carbonyl (C=O) groups is 2. The van der Waals surface area contributed by atoms with Gasteiger partial charge >= 0.3 is 5.97 Å². The van der Waals surface area contributed by atoms with Gasteiger partial charge in [0.25, 0.3) is 5.91 Å². The molecule has 0 radical (unpaired) electrons. The number of nitrogens with one attached hydrogen (secondary N) is 1. The molecule has 1 aromatic carbocycles. The summed E-state index contributed by atoms with van der Waals surface area (Å²) in [6, 6.07) is 3.34. The van der Waals surface area contributed by atoms with Crippen molar-refractivity contribution in [3.05, 3.63) is 23.8 Å². The Labute approximate surface area is 98.4 Å². The Bertz CT molecular complexity index is 445. The molecular weight excluding hydrogens is 224 g/mol. The number of phenolic OH excluding ortho intramolecular Hbond substituents is 1. The number of aromatic hydroxyl groups is 1. The number of nitrogens with two attached hydrogens (primary N) is 1. The first-order chi connectivity index (χ1) is 7.95. The zero-order valence-electron chi connectivity index (χ0n) is 9.56. The van der Waals surface area contributed by atoms with E-state index in [9.17, 15) is 14.7 Å².